The molecule has 2 nitrogen and oxygen atoms in total. The fourth-order valence-electron chi connectivity index (χ4n) is 0.828. The van der Waals surface area contributed by atoms with Crippen LogP contribution in [0.15, 0.2) is 24.5 Å². The summed E-state index contributed by atoms with van der Waals surface area (Å²) >= 11 is 5.86. The Morgan fingerprint density at radius 3 is 3.08 bits per heavy atom. The van der Waals surface area contributed by atoms with Gasteiger partial charge in [-0.15, -0.1) is 0 Å². The van der Waals surface area contributed by atoms with Crippen molar-refractivity contribution in [2.45, 2.75) is 6.42 Å². The van der Waals surface area contributed by atoms with Gasteiger partial charge in [0.05, 0.1) is 5.02 Å². The summed E-state index contributed by atoms with van der Waals surface area (Å²) in [6.45, 7) is 0.666. The van der Waals surface area contributed by atoms with E-state index in [1.807, 2.05) is 18.2 Å². The first kappa shape index (κ1) is 9.23. The van der Waals surface area contributed by atoms with Crippen molar-refractivity contribution < 1.29 is 0 Å². The van der Waals surface area contributed by atoms with Gasteiger partial charge in [-0.05, 0) is 24.6 Å². The van der Waals surface area contributed by atoms with Crippen molar-refractivity contribution in [1.82, 2.24) is 4.98 Å². The van der Waals surface area contributed by atoms with E-state index in [9.17, 15) is 0 Å². The summed E-state index contributed by atoms with van der Waals surface area (Å²) in [5.74, 6) is 0. The SMILES string of the molecule is NCCC=Cc1ccncc1Cl. The molecule has 0 saturated carbocycles. The summed E-state index contributed by atoms with van der Waals surface area (Å²) in [5, 5.41) is 0.672. The Labute approximate surface area is 77.1 Å². The van der Waals surface area contributed by atoms with Crippen LogP contribution in [0.4, 0.5) is 0 Å². The van der Waals surface area contributed by atoms with Crippen LogP contribution in [-0.2, 0) is 0 Å². The van der Waals surface area contributed by atoms with Crippen LogP contribution in [0.25, 0.3) is 6.08 Å². The second-order valence-corrected chi connectivity index (χ2v) is 2.78. The third-order valence-corrected chi connectivity index (χ3v) is 1.75. The average molecular weight is 183 g/mol. The largest absolute Gasteiger partial charge is 0.330 e. The monoisotopic (exact) mass is 182 g/mol. The van der Waals surface area contributed by atoms with Crippen LogP contribution in [-0.4, -0.2) is 11.5 Å². The molecule has 0 aliphatic rings. The summed E-state index contributed by atoms with van der Waals surface area (Å²) in [4.78, 5) is 3.88. The normalized spacial score (nSPS) is 10.8. The van der Waals surface area contributed by atoms with Gasteiger partial charge in [-0.1, -0.05) is 23.8 Å². The van der Waals surface area contributed by atoms with E-state index in [2.05, 4.69) is 4.98 Å². The van der Waals surface area contributed by atoms with Gasteiger partial charge in [-0.3, -0.25) is 4.98 Å². The first-order valence-electron chi connectivity index (χ1n) is 3.80. The molecule has 0 atom stereocenters. The van der Waals surface area contributed by atoms with Gasteiger partial charge in [0.15, 0.2) is 0 Å². The lowest BCUT2D eigenvalue weighted by molar-refractivity contribution is 1.01. The van der Waals surface area contributed by atoms with Crippen molar-refractivity contribution in [3.63, 3.8) is 0 Å². The number of halogens is 1. The van der Waals surface area contributed by atoms with Crippen molar-refractivity contribution in [3.05, 3.63) is 35.1 Å². The minimum atomic E-state index is 0.666. The Morgan fingerprint density at radius 2 is 2.42 bits per heavy atom. The molecule has 0 bridgehead atoms. The molecule has 2 N–H and O–H groups in total. The predicted octanol–water partition coefficient (Wildman–Crippen LogP) is 2.10. The number of nitrogens with two attached hydrogens (primary N) is 1. The Bertz CT molecular complexity index is 271. The van der Waals surface area contributed by atoms with Gasteiger partial charge in [-0.2, -0.15) is 0 Å². The fourth-order valence-corrected chi connectivity index (χ4v) is 1.01. The van der Waals surface area contributed by atoms with Crippen LogP contribution in [0.3, 0.4) is 0 Å². The molecule has 1 heterocycles. The minimum Gasteiger partial charge on any atom is -0.330 e. The molecule has 0 amide bonds. The average Bonchev–Trinajstić information content (AvgIpc) is 2.09. The van der Waals surface area contributed by atoms with E-state index in [1.54, 1.807) is 12.4 Å². The highest BCUT2D eigenvalue weighted by Gasteiger charge is 1.92. The Hall–Kier alpha value is -0.860. The standard InChI is InChI=1S/C9H11ClN2/c10-9-7-12-6-4-8(9)3-1-2-5-11/h1,3-4,6-7H,2,5,11H2. The number of hydrogen-bond donors (Lipinski definition) is 1. The maximum atomic E-state index is 5.86. The Morgan fingerprint density at radius 1 is 1.58 bits per heavy atom. The van der Waals surface area contributed by atoms with Crippen LogP contribution in [0.1, 0.15) is 12.0 Å². The molecule has 0 fully saturated rings. The summed E-state index contributed by atoms with van der Waals surface area (Å²) in [6, 6.07) is 1.87. The topological polar surface area (TPSA) is 38.9 Å². The van der Waals surface area contributed by atoms with Crippen molar-refractivity contribution >= 4 is 17.7 Å². The lowest BCUT2D eigenvalue weighted by Crippen LogP contribution is -1.94. The van der Waals surface area contributed by atoms with Crippen LogP contribution in [0.2, 0.25) is 5.02 Å². The molecule has 0 saturated heterocycles. The highest BCUT2D eigenvalue weighted by Crippen LogP contribution is 2.14. The second kappa shape index (κ2) is 4.91. The third kappa shape index (κ3) is 2.64. The zero-order chi connectivity index (χ0) is 8.81. The number of hydrogen-bond acceptors (Lipinski definition) is 2. The molecule has 12 heavy (non-hydrogen) atoms. The highest BCUT2D eigenvalue weighted by molar-refractivity contribution is 6.31. The number of pyridine rings is 1. The fraction of sp³-hybridized carbons (Fsp3) is 0.222. The lowest BCUT2D eigenvalue weighted by Gasteiger charge is -1.94. The zero-order valence-corrected chi connectivity index (χ0v) is 7.46. The van der Waals surface area contributed by atoms with Crippen LogP contribution in [0.5, 0.6) is 0 Å². The maximum Gasteiger partial charge on any atom is 0.0661 e. The minimum absolute atomic E-state index is 0.666. The summed E-state index contributed by atoms with van der Waals surface area (Å²) in [5.41, 5.74) is 6.32. The van der Waals surface area contributed by atoms with Gasteiger partial charge in [0.1, 0.15) is 0 Å². The molecular formula is C9H11ClN2. The molecule has 0 aliphatic carbocycles. The van der Waals surface area contributed by atoms with E-state index in [-0.39, 0.29) is 0 Å². The summed E-state index contributed by atoms with van der Waals surface area (Å²) in [7, 11) is 0. The molecule has 0 unspecified atom stereocenters. The lowest BCUT2D eigenvalue weighted by atomic mass is 10.2. The number of rotatable bonds is 3. The van der Waals surface area contributed by atoms with Crippen LogP contribution >= 0.6 is 11.6 Å². The molecule has 3 heteroatoms. The van der Waals surface area contributed by atoms with Crippen molar-refractivity contribution in [3.8, 4) is 0 Å². The molecule has 64 valence electrons. The molecule has 0 radical (unpaired) electrons. The molecule has 0 spiro atoms. The van der Waals surface area contributed by atoms with E-state index < -0.39 is 0 Å². The summed E-state index contributed by atoms with van der Waals surface area (Å²) in [6.07, 6.45) is 8.18. The van der Waals surface area contributed by atoms with Gasteiger partial charge in [-0.25, -0.2) is 0 Å². The van der Waals surface area contributed by atoms with E-state index in [1.165, 1.54) is 0 Å². The molecular weight excluding hydrogens is 172 g/mol. The maximum absolute atomic E-state index is 5.86. The van der Waals surface area contributed by atoms with E-state index in [0.29, 0.717) is 11.6 Å². The van der Waals surface area contributed by atoms with E-state index >= 15 is 0 Å². The van der Waals surface area contributed by atoms with Crippen LogP contribution in [0, 0.1) is 0 Å². The van der Waals surface area contributed by atoms with Crippen molar-refractivity contribution in [1.29, 1.82) is 0 Å². The van der Waals surface area contributed by atoms with E-state index in [4.69, 9.17) is 17.3 Å². The zero-order valence-electron chi connectivity index (χ0n) is 6.70. The smallest absolute Gasteiger partial charge is 0.0661 e. The van der Waals surface area contributed by atoms with Crippen LogP contribution < -0.4 is 5.73 Å². The molecule has 0 aromatic carbocycles. The quantitative estimate of drug-likeness (QED) is 0.778. The molecule has 1 aromatic heterocycles. The van der Waals surface area contributed by atoms with E-state index in [0.717, 1.165) is 12.0 Å². The predicted molar refractivity (Wildman–Crippen MR) is 52.0 cm³/mol. The second-order valence-electron chi connectivity index (χ2n) is 2.38. The van der Waals surface area contributed by atoms with Gasteiger partial charge in [0, 0.05) is 12.4 Å². The number of nitrogens with zero attached hydrogens (tertiary/aromatic N) is 1. The van der Waals surface area contributed by atoms with Gasteiger partial charge < -0.3 is 5.73 Å². The Balaban J connectivity index is 2.68. The molecule has 1 rings (SSSR count). The first-order valence-corrected chi connectivity index (χ1v) is 4.18. The number of aromatic nitrogens is 1. The third-order valence-electron chi connectivity index (χ3n) is 1.43. The molecule has 1 aromatic rings. The van der Waals surface area contributed by atoms with Crippen molar-refractivity contribution in [2.75, 3.05) is 6.54 Å². The van der Waals surface area contributed by atoms with Gasteiger partial charge >= 0.3 is 0 Å². The summed E-state index contributed by atoms with van der Waals surface area (Å²) < 4.78 is 0. The van der Waals surface area contributed by atoms with Crippen molar-refractivity contribution in [2.24, 2.45) is 5.73 Å². The first-order chi connectivity index (χ1) is 5.84. The van der Waals surface area contributed by atoms with Gasteiger partial charge in [0.25, 0.3) is 0 Å². The van der Waals surface area contributed by atoms with Gasteiger partial charge in [0.2, 0.25) is 0 Å². The highest BCUT2D eigenvalue weighted by atomic mass is 35.5. The Kier molecular flexibility index (Phi) is 3.77. The molecule has 0 aliphatic heterocycles.